The van der Waals surface area contributed by atoms with Crippen molar-refractivity contribution in [1.29, 1.82) is 0 Å². The summed E-state index contributed by atoms with van der Waals surface area (Å²) >= 11 is 0. The first-order valence-corrected chi connectivity index (χ1v) is 8.28. The minimum atomic E-state index is -0.0239. The number of hydrogen-bond donors (Lipinski definition) is 0. The highest BCUT2D eigenvalue weighted by Crippen LogP contribution is 2.36. The van der Waals surface area contributed by atoms with Gasteiger partial charge in [0.15, 0.2) is 5.78 Å². The summed E-state index contributed by atoms with van der Waals surface area (Å²) in [6, 6.07) is 13.0. The van der Waals surface area contributed by atoms with E-state index in [1.807, 2.05) is 24.3 Å². The second-order valence-electron chi connectivity index (χ2n) is 5.89. The molecule has 2 aromatic carbocycles. The van der Waals surface area contributed by atoms with Crippen LogP contribution in [0.4, 0.5) is 5.69 Å². The number of ketones is 1. The second-order valence-corrected chi connectivity index (χ2v) is 5.89. The van der Waals surface area contributed by atoms with Crippen molar-refractivity contribution in [1.82, 2.24) is 0 Å². The van der Waals surface area contributed by atoms with Gasteiger partial charge in [-0.25, -0.2) is 0 Å². The highest BCUT2D eigenvalue weighted by molar-refractivity contribution is 6.10. The molecule has 130 valence electrons. The maximum atomic E-state index is 12.8. The Bertz CT molecular complexity index is 800. The molecule has 0 fully saturated rings. The fraction of sp³-hybridized carbons (Fsp3) is 0.300. The van der Waals surface area contributed by atoms with E-state index in [1.165, 1.54) is 0 Å². The van der Waals surface area contributed by atoms with E-state index in [2.05, 4.69) is 0 Å². The molecule has 3 rings (SSSR count). The van der Waals surface area contributed by atoms with Crippen LogP contribution in [0.1, 0.15) is 28.8 Å². The van der Waals surface area contributed by atoms with E-state index in [-0.39, 0.29) is 11.7 Å². The molecule has 0 saturated heterocycles. The van der Waals surface area contributed by atoms with Crippen molar-refractivity contribution in [3.8, 4) is 11.5 Å². The van der Waals surface area contributed by atoms with E-state index in [1.54, 1.807) is 37.3 Å². The minimum Gasteiger partial charge on any atom is -0.496 e. The molecule has 1 aliphatic rings. The molecule has 0 aromatic heterocycles. The van der Waals surface area contributed by atoms with Gasteiger partial charge < -0.3 is 14.4 Å². The third-order valence-electron chi connectivity index (χ3n) is 4.45. The smallest absolute Gasteiger partial charge is 0.227 e. The number of fused-ring (bicyclic) bond motifs is 1. The van der Waals surface area contributed by atoms with Crippen LogP contribution in [0.2, 0.25) is 0 Å². The van der Waals surface area contributed by atoms with Crippen molar-refractivity contribution in [2.24, 2.45) is 0 Å². The molecule has 25 heavy (non-hydrogen) atoms. The Morgan fingerprint density at radius 1 is 1.04 bits per heavy atom. The Hall–Kier alpha value is -2.82. The SMILES string of the molecule is COc1ccccc1CCC(=O)N1CCC(=O)c2cccc(OC)c21. The first-order valence-electron chi connectivity index (χ1n) is 8.28. The van der Waals surface area contributed by atoms with Gasteiger partial charge >= 0.3 is 0 Å². The lowest BCUT2D eigenvalue weighted by Gasteiger charge is -2.30. The van der Waals surface area contributed by atoms with Gasteiger partial charge in [-0.2, -0.15) is 0 Å². The molecule has 2 aromatic rings. The van der Waals surface area contributed by atoms with Crippen LogP contribution in [-0.4, -0.2) is 32.5 Å². The van der Waals surface area contributed by atoms with E-state index in [0.29, 0.717) is 42.8 Å². The minimum absolute atomic E-state index is 0.0239. The summed E-state index contributed by atoms with van der Waals surface area (Å²) < 4.78 is 10.7. The van der Waals surface area contributed by atoms with Crippen LogP contribution < -0.4 is 14.4 Å². The average Bonchev–Trinajstić information content (AvgIpc) is 2.66. The molecule has 0 aliphatic carbocycles. The first-order chi connectivity index (χ1) is 12.2. The summed E-state index contributed by atoms with van der Waals surface area (Å²) in [6.45, 7) is 0.386. The number of benzene rings is 2. The number of carbonyl (C=O) groups is 2. The van der Waals surface area contributed by atoms with Gasteiger partial charge in [-0.05, 0) is 30.2 Å². The van der Waals surface area contributed by atoms with Crippen LogP contribution in [0.25, 0.3) is 0 Å². The third-order valence-corrected chi connectivity index (χ3v) is 4.45. The maximum Gasteiger partial charge on any atom is 0.227 e. The number of carbonyl (C=O) groups excluding carboxylic acids is 2. The van der Waals surface area contributed by atoms with Gasteiger partial charge in [-0.15, -0.1) is 0 Å². The number of methoxy groups -OCH3 is 2. The number of hydrogen-bond acceptors (Lipinski definition) is 4. The Kier molecular flexibility index (Phi) is 5.03. The molecule has 0 saturated carbocycles. The zero-order valence-electron chi connectivity index (χ0n) is 14.5. The Balaban J connectivity index is 1.82. The Morgan fingerprint density at radius 2 is 1.76 bits per heavy atom. The van der Waals surface area contributed by atoms with E-state index >= 15 is 0 Å². The fourth-order valence-electron chi connectivity index (χ4n) is 3.19. The lowest BCUT2D eigenvalue weighted by atomic mass is 9.98. The number of ether oxygens (including phenoxy) is 2. The van der Waals surface area contributed by atoms with E-state index in [4.69, 9.17) is 9.47 Å². The van der Waals surface area contributed by atoms with E-state index in [0.717, 1.165) is 11.3 Å². The number of Topliss-reactive ketones (excluding diaryl/α,β-unsaturated/α-hetero) is 1. The molecule has 5 heteroatoms. The predicted molar refractivity (Wildman–Crippen MR) is 95.6 cm³/mol. The summed E-state index contributed by atoms with van der Waals surface area (Å²) in [6.07, 6.45) is 1.25. The van der Waals surface area contributed by atoms with Crippen molar-refractivity contribution >= 4 is 17.4 Å². The predicted octanol–water partition coefficient (Wildman–Crippen LogP) is 3.26. The average molecular weight is 339 g/mol. The summed E-state index contributed by atoms with van der Waals surface area (Å²) in [5, 5.41) is 0. The summed E-state index contributed by atoms with van der Waals surface area (Å²) in [7, 11) is 3.17. The van der Waals surface area contributed by atoms with Crippen molar-refractivity contribution in [3.63, 3.8) is 0 Å². The monoisotopic (exact) mass is 339 g/mol. The van der Waals surface area contributed by atoms with Crippen molar-refractivity contribution < 1.29 is 19.1 Å². The summed E-state index contributed by atoms with van der Waals surface area (Å²) in [4.78, 5) is 26.7. The molecule has 5 nitrogen and oxygen atoms in total. The Labute approximate surface area is 147 Å². The van der Waals surface area contributed by atoms with Gasteiger partial charge in [0.05, 0.1) is 19.9 Å². The van der Waals surface area contributed by atoms with Crippen molar-refractivity contribution in [2.75, 3.05) is 25.7 Å². The maximum absolute atomic E-state index is 12.8. The normalized spacial score (nSPS) is 13.4. The van der Waals surface area contributed by atoms with Crippen LogP contribution in [-0.2, 0) is 11.2 Å². The highest BCUT2D eigenvalue weighted by Gasteiger charge is 2.29. The molecule has 1 heterocycles. The number of nitrogens with zero attached hydrogens (tertiary/aromatic N) is 1. The topological polar surface area (TPSA) is 55.8 Å². The zero-order valence-corrected chi connectivity index (χ0v) is 14.5. The molecule has 0 atom stereocenters. The molecule has 0 spiro atoms. The Morgan fingerprint density at radius 3 is 2.52 bits per heavy atom. The van der Waals surface area contributed by atoms with Crippen LogP contribution in [0, 0.1) is 0 Å². The van der Waals surface area contributed by atoms with Crippen LogP contribution in [0.15, 0.2) is 42.5 Å². The van der Waals surface area contributed by atoms with Gasteiger partial charge in [-0.3, -0.25) is 9.59 Å². The van der Waals surface area contributed by atoms with Crippen molar-refractivity contribution in [2.45, 2.75) is 19.3 Å². The van der Waals surface area contributed by atoms with Gasteiger partial charge in [0.1, 0.15) is 11.5 Å². The standard InChI is InChI=1S/C20H21NO4/c1-24-17-8-4-3-6-14(17)10-11-19(23)21-13-12-16(22)15-7-5-9-18(25-2)20(15)21/h3-9H,10-13H2,1-2H3. The molecular formula is C20H21NO4. The van der Waals surface area contributed by atoms with E-state index < -0.39 is 0 Å². The number of para-hydroxylation sites is 2. The molecule has 0 unspecified atom stereocenters. The zero-order chi connectivity index (χ0) is 17.8. The van der Waals surface area contributed by atoms with Gasteiger partial charge in [-0.1, -0.05) is 24.3 Å². The summed E-state index contributed by atoms with van der Waals surface area (Å²) in [5.74, 6) is 1.35. The molecular weight excluding hydrogens is 318 g/mol. The van der Waals surface area contributed by atoms with Crippen LogP contribution in [0.5, 0.6) is 11.5 Å². The van der Waals surface area contributed by atoms with Gasteiger partial charge in [0.2, 0.25) is 5.91 Å². The van der Waals surface area contributed by atoms with Gasteiger partial charge in [0.25, 0.3) is 0 Å². The van der Waals surface area contributed by atoms with Crippen LogP contribution in [0.3, 0.4) is 0 Å². The number of aryl methyl sites for hydroxylation is 1. The number of rotatable bonds is 5. The lowest BCUT2D eigenvalue weighted by molar-refractivity contribution is -0.118. The molecule has 0 radical (unpaired) electrons. The molecule has 1 amide bonds. The fourth-order valence-corrected chi connectivity index (χ4v) is 3.19. The lowest BCUT2D eigenvalue weighted by Crippen LogP contribution is -2.37. The first kappa shape index (κ1) is 17.0. The van der Waals surface area contributed by atoms with E-state index in [9.17, 15) is 9.59 Å². The number of anilines is 1. The molecule has 0 N–H and O–H groups in total. The largest absolute Gasteiger partial charge is 0.496 e. The summed E-state index contributed by atoms with van der Waals surface area (Å²) in [5.41, 5.74) is 2.13. The van der Waals surface area contributed by atoms with Crippen LogP contribution >= 0.6 is 0 Å². The highest BCUT2D eigenvalue weighted by atomic mass is 16.5. The molecule has 0 bridgehead atoms. The second kappa shape index (κ2) is 7.38. The quantitative estimate of drug-likeness (QED) is 0.839. The molecule has 1 aliphatic heterocycles. The number of amides is 1. The van der Waals surface area contributed by atoms with Crippen molar-refractivity contribution in [3.05, 3.63) is 53.6 Å². The third kappa shape index (κ3) is 3.36. The van der Waals surface area contributed by atoms with Gasteiger partial charge in [0, 0.05) is 24.9 Å².